The van der Waals surface area contributed by atoms with Gasteiger partial charge < -0.3 is 5.73 Å². The first kappa shape index (κ1) is 7.88. The van der Waals surface area contributed by atoms with Crippen LogP contribution >= 0.6 is 0 Å². The normalized spacial score (nSPS) is 9.78. The van der Waals surface area contributed by atoms with Gasteiger partial charge in [-0.3, -0.25) is 9.79 Å². The van der Waals surface area contributed by atoms with Gasteiger partial charge >= 0.3 is 0 Å². The fraction of sp³-hybridized carbons (Fsp3) is 0.333. The first-order valence-electron chi connectivity index (χ1n) is 2.65. The van der Waals surface area contributed by atoms with Crippen molar-refractivity contribution in [1.82, 2.24) is 0 Å². The minimum Gasteiger partial charge on any atom is -0.368 e. The average molecular weight is 126 g/mol. The zero-order valence-corrected chi connectivity index (χ0v) is 5.21. The molecule has 0 heterocycles. The summed E-state index contributed by atoms with van der Waals surface area (Å²) in [6.45, 7) is 3.55. The predicted octanol–water partition coefficient (Wildman–Crippen LogP) is 0.119. The molecule has 0 aliphatic heterocycles. The Labute approximate surface area is 54.3 Å². The highest BCUT2D eigenvalue weighted by Crippen LogP contribution is 1.73. The van der Waals surface area contributed by atoms with Crippen LogP contribution in [0.3, 0.4) is 0 Å². The summed E-state index contributed by atoms with van der Waals surface area (Å²) in [5, 5.41) is 0. The Kier molecular flexibility index (Phi) is 4.40. The number of hydrogen-bond donors (Lipinski definition) is 1. The number of allylic oxidation sites excluding steroid dienone is 1. The van der Waals surface area contributed by atoms with Crippen molar-refractivity contribution in [3.05, 3.63) is 12.7 Å². The number of nitrogens with two attached hydrogens (primary N) is 1. The van der Waals surface area contributed by atoms with Gasteiger partial charge in [-0.2, -0.15) is 0 Å². The third kappa shape index (κ3) is 6.88. The molecule has 1 amide bonds. The second-order valence-corrected chi connectivity index (χ2v) is 1.51. The minimum atomic E-state index is -0.407. The monoisotopic (exact) mass is 126 g/mol. The third-order valence-corrected chi connectivity index (χ3v) is 0.648. The fourth-order valence-electron chi connectivity index (χ4n) is 0.304. The van der Waals surface area contributed by atoms with Crippen LogP contribution in [0.1, 0.15) is 6.42 Å². The molecule has 0 aromatic heterocycles. The summed E-state index contributed by atoms with van der Waals surface area (Å²) in [6, 6.07) is 0. The van der Waals surface area contributed by atoms with Crippen molar-refractivity contribution in [3.8, 4) is 0 Å². The number of hydrogen-bond acceptors (Lipinski definition) is 2. The highest BCUT2D eigenvalue weighted by atomic mass is 16.1. The molecule has 0 saturated carbocycles. The van der Waals surface area contributed by atoms with E-state index in [1.165, 1.54) is 0 Å². The molecule has 0 fully saturated rings. The van der Waals surface area contributed by atoms with E-state index in [0.717, 1.165) is 0 Å². The maximum Gasteiger partial charge on any atom is 0.239 e. The molecular weight excluding hydrogens is 116 g/mol. The van der Waals surface area contributed by atoms with Gasteiger partial charge in [-0.25, -0.2) is 0 Å². The molecular formula is C6H10N2O. The lowest BCUT2D eigenvalue weighted by molar-refractivity contribution is -0.116. The lowest BCUT2D eigenvalue weighted by atomic mass is 10.5. The number of primary amides is 1. The lowest BCUT2D eigenvalue weighted by Crippen LogP contribution is -2.13. The summed E-state index contributed by atoms with van der Waals surface area (Å²) in [6.07, 6.45) is 4.00. The largest absolute Gasteiger partial charge is 0.368 e. The molecule has 50 valence electrons. The zero-order chi connectivity index (χ0) is 7.11. The van der Waals surface area contributed by atoms with Crippen LogP contribution in [0.4, 0.5) is 0 Å². The van der Waals surface area contributed by atoms with Crippen molar-refractivity contribution in [2.24, 2.45) is 10.7 Å². The van der Waals surface area contributed by atoms with Gasteiger partial charge in [0.25, 0.3) is 0 Å². The van der Waals surface area contributed by atoms with Crippen molar-refractivity contribution in [2.45, 2.75) is 6.42 Å². The summed E-state index contributed by atoms with van der Waals surface area (Å²) >= 11 is 0. The maximum atomic E-state index is 10.0. The first-order chi connectivity index (χ1) is 4.27. The molecule has 9 heavy (non-hydrogen) atoms. The van der Waals surface area contributed by atoms with E-state index in [-0.39, 0.29) is 6.54 Å². The van der Waals surface area contributed by atoms with Crippen LogP contribution in [0.5, 0.6) is 0 Å². The predicted molar refractivity (Wildman–Crippen MR) is 37.4 cm³/mol. The van der Waals surface area contributed by atoms with Gasteiger partial charge in [0, 0.05) is 6.21 Å². The number of rotatable bonds is 4. The molecule has 2 N–H and O–H groups in total. The smallest absolute Gasteiger partial charge is 0.239 e. The van der Waals surface area contributed by atoms with Crippen molar-refractivity contribution in [2.75, 3.05) is 6.54 Å². The van der Waals surface area contributed by atoms with Gasteiger partial charge in [0.05, 0.1) is 0 Å². The summed E-state index contributed by atoms with van der Waals surface area (Å²) in [7, 11) is 0. The molecule has 0 aliphatic carbocycles. The van der Waals surface area contributed by atoms with Gasteiger partial charge in [0.15, 0.2) is 0 Å². The van der Waals surface area contributed by atoms with E-state index >= 15 is 0 Å². The molecule has 0 aliphatic rings. The molecule has 0 radical (unpaired) electrons. The van der Waals surface area contributed by atoms with Crippen molar-refractivity contribution < 1.29 is 4.79 Å². The van der Waals surface area contributed by atoms with Crippen LogP contribution in [0.15, 0.2) is 17.6 Å². The molecule has 3 nitrogen and oxygen atoms in total. The van der Waals surface area contributed by atoms with Crippen molar-refractivity contribution in [1.29, 1.82) is 0 Å². The third-order valence-electron chi connectivity index (χ3n) is 0.648. The van der Waals surface area contributed by atoms with Crippen LogP contribution in [0.2, 0.25) is 0 Å². The van der Waals surface area contributed by atoms with E-state index in [1.54, 1.807) is 12.3 Å². The lowest BCUT2D eigenvalue weighted by Gasteiger charge is -1.82. The SMILES string of the molecule is C=CC/C=N/CC(N)=O. The Balaban J connectivity index is 3.24. The molecule has 0 aromatic carbocycles. The standard InChI is InChI=1S/C6H10N2O/c1-2-3-4-8-5-6(7)9/h2,4H,1,3,5H2,(H2,7,9)/b8-4+. The zero-order valence-electron chi connectivity index (χ0n) is 5.21. The minimum absolute atomic E-state index is 0.0772. The Hall–Kier alpha value is -1.12. The van der Waals surface area contributed by atoms with Crippen LogP contribution in [0, 0.1) is 0 Å². The van der Waals surface area contributed by atoms with Gasteiger partial charge in [-0.05, 0) is 6.42 Å². The van der Waals surface area contributed by atoms with Gasteiger partial charge in [-0.15, -0.1) is 6.58 Å². The summed E-state index contributed by atoms with van der Waals surface area (Å²) in [4.78, 5) is 13.7. The van der Waals surface area contributed by atoms with Crippen molar-refractivity contribution in [3.63, 3.8) is 0 Å². The summed E-state index contributed by atoms with van der Waals surface area (Å²) < 4.78 is 0. The second kappa shape index (κ2) is 5.03. The number of aliphatic imine (C=N–C) groups is 1. The Morgan fingerprint density at radius 3 is 2.89 bits per heavy atom. The number of nitrogens with zero attached hydrogens (tertiary/aromatic N) is 1. The summed E-state index contributed by atoms with van der Waals surface area (Å²) in [5.74, 6) is -0.407. The molecule has 0 rings (SSSR count). The van der Waals surface area contributed by atoms with Crippen LogP contribution in [-0.2, 0) is 4.79 Å². The maximum absolute atomic E-state index is 10.0. The summed E-state index contributed by atoms with van der Waals surface area (Å²) in [5.41, 5.74) is 4.80. The molecule has 0 saturated heterocycles. The van der Waals surface area contributed by atoms with Gasteiger partial charge in [0.2, 0.25) is 5.91 Å². The Bertz CT molecular complexity index is 129. The van der Waals surface area contributed by atoms with E-state index in [9.17, 15) is 4.79 Å². The fourth-order valence-corrected chi connectivity index (χ4v) is 0.304. The Morgan fingerprint density at radius 2 is 2.44 bits per heavy atom. The molecule has 0 unspecified atom stereocenters. The second-order valence-electron chi connectivity index (χ2n) is 1.51. The Morgan fingerprint density at radius 1 is 1.78 bits per heavy atom. The van der Waals surface area contributed by atoms with Crippen LogP contribution in [-0.4, -0.2) is 18.7 Å². The highest BCUT2D eigenvalue weighted by molar-refractivity contribution is 5.77. The molecule has 0 bridgehead atoms. The number of carbonyl (C=O) groups is 1. The van der Waals surface area contributed by atoms with Crippen molar-refractivity contribution >= 4 is 12.1 Å². The van der Waals surface area contributed by atoms with E-state index < -0.39 is 5.91 Å². The molecule has 0 spiro atoms. The molecule has 0 aromatic rings. The van der Waals surface area contributed by atoms with Crippen LogP contribution < -0.4 is 5.73 Å². The van der Waals surface area contributed by atoms with Gasteiger partial charge in [-0.1, -0.05) is 6.08 Å². The van der Waals surface area contributed by atoms with Crippen LogP contribution in [0.25, 0.3) is 0 Å². The van der Waals surface area contributed by atoms with E-state index in [4.69, 9.17) is 5.73 Å². The quantitative estimate of drug-likeness (QED) is 0.422. The number of amides is 1. The van der Waals surface area contributed by atoms with Gasteiger partial charge in [0.1, 0.15) is 6.54 Å². The first-order valence-corrected chi connectivity index (χ1v) is 2.65. The highest BCUT2D eigenvalue weighted by Gasteiger charge is 1.84. The average Bonchev–Trinajstić information content (AvgIpc) is 1.80. The van der Waals surface area contributed by atoms with E-state index in [0.29, 0.717) is 6.42 Å². The number of carbonyl (C=O) groups excluding carboxylic acids is 1. The molecule has 3 heteroatoms. The topological polar surface area (TPSA) is 55.4 Å². The van der Waals surface area contributed by atoms with E-state index in [2.05, 4.69) is 11.6 Å². The molecule has 0 atom stereocenters. The van der Waals surface area contributed by atoms with E-state index in [1.807, 2.05) is 0 Å².